The van der Waals surface area contributed by atoms with Crippen LogP contribution in [-0.2, 0) is 9.59 Å². The maximum Gasteiger partial charge on any atom is 0.321 e. The Hall–Kier alpha value is -2.87. The average Bonchev–Trinajstić information content (AvgIpc) is 3.33. The molecule has 3 aromatic rings. The van der Waals surface area contributed by atoms with E-state index in [1.807, 2.05) is 12.3 Å². The Morgan fingerprint density at radius 1 is 1.00 bits per heavy atom. The number of likely N-dealkylation sites (tertiary alicyclic amines) is 2. The molecule has 0 radical (unpaired) electrons. The van der Waals surface area contributed by atoms with Gasteiger partial charge in [-0.2, -0.15) is 0 Å². The first-order valence-corrected chi connectivity index (χ1v) is 13.7. The van der Waals surface area contributed by atoms with E-state index in [0.29, 0.717) is 55.0 Å². The van der Waals surface area contributed by atoms with Crippen molar-refractivity contribution >= 4 is 52.1 Å². The fourth-order valence-electron chi connectivity index (χ4n) is 5.93. The largest absolute Gasteiger partial charge is 0.480 e. The first-order chi connectivity index (χ1) is 18.3. The summed E-state index contributed by atoms with van der Waals surface area (Å²) in [6, 6.07) is 9.44. The molecule has 1 unspecified atom stereocenters. The van der Waals surface area contributed by atoms with Crippen molar-refractivity contribution in [1.82, 2.24) is 14.8 Å². The number of aliphatic carboxylic acids is 1. The summed E-state index contributed by atoms with van der Waals surface area (Å²) in [5.74, 6) is -0.860. The van der Waals surface area contributed by atoms with Crippen LogP contribution in [0, 0.1) is 11.7 Å². The number of amides is 1. The highest BCUT2D eigenvalue weighted by atomic mass is 35.5. The SMILES string of the molecule is O=C(O)C(C1CCN(C(=O)/C=C/c2ccc(Cl)c(Cl)c2)CC1)N1CCC(c2c[nH]c3cc(F)ccc23)CC1. The number of rotatable bonds is 6. The average molecular weight is 558 g/mol. The van der Waals surface area contributed by atoms with Crippen molar-refractivity contribution in [2.24, 2.45) is 5.92 Å². The quantitative estimate of drug-likeness (QED) is 0.354. The number of nitrogens with zero attached hydrogens (tertiary/aromatic N) is 2. The molecule has 0 aliphatic carbocycles. The molecule has 2 aliphatic rings. The molecule has 2 aliphatic heterocycles. The van der Waals surface area contributed by atoms with Crippen molar-refractivity contribution in [3.63, 3.8) is 0 Å². The van der Waals surface area contributed by atoms with E-state index >= 15 is 0 Å². The van der Waals surface area contributed by atoms with Gasteiger partial charge in [-0.05, 0) is 98.1 Å². The maximum atomic E-state index is 13.6. The van der Waals surface area contributed by atoms with Gasteiger partial charge in [0.15, 0.2) is 0 Å². The Kier molecular flexibility index (Phi) is 8.07. The topological polar surface area (TPSA) is 76.6 Å². The third-order valence-corrected chi connectivity index (χ3v) is 8.69. The number of piperidine rings is 2. The maximum absolute atomic E-state index is 13.6. The second kappa shape index (κ2) is 11.5. The van der Waals surface area contributed by atoms with E-state index in [2.05, 4.69) is 9.88 Å². The number of carboxylic acids is 1. The number of nitrogens with one attached hydrogen (secondary N) is 1. The summed E-state index contributed by atoms with van der Waals surface area (Å²) in [6.45, 7) is 2.45. The Labute approximate surface area is 231 Å². The molecule has 0 bridgehead atoms. The Morgan fingerprint density at radius 2 is 1.74 bits per heavy atom. The molecule has 0 spiro atoms. The molecule has 1 aromatic heterocycles. The fourth-order valence-corrected chi connectivity index (χ4v) is 6.23. The van der Waals surface area contributed by atoms with Gasteiger partial charge >= 0.3 is 5.97 Å². The van der Waals surface area contributed by atoms with Crippen LogP contribution in [0.3, 0.4) is 0 Å². The summed E-state index contributed by atoms with van der Waals surface area (Å²) < 4.78 is 13.6. The van der Waals surface area contributed by atoms with E-state index in [1.165, 1.54) is 23.8 Å². The molecule has 3 heterocycles. The number of aromatic amines is 1. The van der Waals surface area contributed by atoms with Gasteiger partial charge in [-0.25, -0.2) is 4.39 Å². The van der Waals surface area contributed by atoms with Crippen LogP contribution in [-0.4, -0.2) is 64.0 Å². The van der Waals surface area contributed by atoms with Gasteiger partial charge in [-0.3, -0.25) is 14.5 Å². The van der Waals surface area contributed by atoms with Gasteiger partial charge < -0.3 is 15.0 Å². The highest BCUT2D eigenvalue weighted by Crippen LogP contribution is 2.35. The molecule has 1 atom stereocenters. The van der Waals surface area contributed by atoms with Crippen LogP contribution < -0.4 is 0 Å². The zero-order valence-electron chi connectivity index (χ0n) is 20.9. The summed E-state index contributed by atoms with van der Waals surface area (Å²) in [4.78, 5) is 32.1. The number of carboxylic acid groups (broad SMARTS) is 1. The lowest BCUT2D eigenvalue weighted by Gasteiger charge is -2.41. The summed E-state index contributed by atoms with van der Waals surface area (Å²) in [7, 11) is 0. The predicted molar refractivity (Wildman–Crippen MR) is 148 cm³/mol. The van der Waals surface area contributed by atoms with Gasteiger partial charge in [0.25, 0.3) is 0 Å². The Bertz CT molecular complexity index is 1360. The molecule has 6 nitrogen and oxygen atoms in total. The van der Waals surface area contributed by atoms with Crippen LogP contribution in [0.5, 0.6) is 0 Å². The number of carbonyl (C=O) groups is 2. The first kappa shape index (κ1) is 26.7. The van der Waals surface area contributed by atoms with E-state index in [0.717, 1.165) is 29.3 Å². The van der Waals surface area contributed by atoms with Gasteiger partial charge in [-0.15, -0.1) is 0 Å². The van der Waals surface area contributed by atoms with Crippen LogP contribution in [0.25, 0.3) is 17.0 Å². The van der Waals surface area contributed by atoms with Gasteiger partial charge in [-0.1, -0.05) is 29.3 Å². The van der Waals surface area contributed by atoms with Crippen molar-refractivity contribution in [1.29, 1.82) is 0 Å². The molecule has 2 fully saturated rings. The second-order valence-corrected chi connectivity index (χ2v) is 11.0. The minimum Gasteiger partial charge on any atom is -0.480 e. The van der Waals surface area contributed by atoms with Crippen molar-refractivity contribution in [3.8, 4) is 0 Å². The fraction of sp³-hybridized carbons (Fsp3) is 0.379. The number of fused-ring (bicyclic) bond motifs is 1. The molecular formula is C29H30Cl2FN3O3. The Balaban J connectivity index is 1.17. The highest BCUT2D eigenvalue weighted by Gasteiger charge is 2.38. The molecule has 38 heavy (non-hydrogen) atoms. The second-order valence-electron chi connectivity index (χ2n) is 10.2. The van der Waals surface area contributed by atoms with E-state index in [1.54, 1.807) is 29.2 Å². The smallest absolute Gasteiger partial charge is 0.321 e. The predicted octanol–water partition coefficient (Wildman–Crippen LogP) is 6.20. The number of halogens is 3. The zero-order chi connectivity index (χ0) is 26.8. The van der Waals surface area contributed by atoms with Crippen molar-refractivity contribution < 1.29 is 19.1 Å². The van der Waals surface area contributed by atoms with Crippen LogP contribution >= 0.6 is 23.2 Å². The molecule has 9 heteroatoms. The van der Waals surface area contributed by atoms with Gasteiger partial charge in [0.1, 0.15) is 11.9 Å². The number of benzene rings is 2. The van der Waals surface area contributed by atoms with Crippen molar-refractivity contribution in [3.05, 3.63) is 75.7 Å². The Morgan fingerprint density at radius 3 is 2.42 bits per heavy atom. The number of carbonyl (C=O) groups excluding carboxylic acids is 1. The third-order valence-electron chi connectivity index (χ3n) is 7.95. The van der Waals surface area contributed by atoms with Gasteiger partial charge in [0.05, 0.1) is 10.0 Å². The van der Waals surface area contributed by atoms with Crippen LogP contribution in [0.4, 0.5) is 4.39 Å². The number of aromatic nitrogens is 1. The molecule has 2 saturated heterocycles. The number of hydrogen-bond donors (Lipinski definition) is 2. The highest BCUT2D eigenvalue weighted by molar-refractivity contribution is 6.42. The molecule has 2 N–H and O–H groups in total. The molecular weight excluding hydrogens is 528 g/mol. The minimum atomic E-state index is -0.796. The van der Waals surface area contributed by atoms with E-state index in [-0.39, 0.29) is 17.6 Å². The van der Waals surface area contributed by atoms with E-state index in [9.17, 15) is 19.1 Å². The minimum absolute atomic E-state index is 0.0109. The zero-order valence-corrected chi connectivity index (χ0v) is 22.4. The molecule has 5 rings (SSSR count). The first-order valence-electron chi connectivity index (χ1n) is 13.0. The molecule has 200 valence electrons. The number of hydrogen-bond acceptors (Lipinski definition) is 3. The lowest BCUT2D eigenvalue weighted by molar-refractivity contribution is -0.147. The van der Waals surface area contributed by atoms with Gasteiger partial charge in [0.2, 0.25) is 5.91 Å². The molecule has 0 saturated carbocycles. The van der Waals surface area contributed by atoms with Crippen molar-refractivity contribution in [2.75, 3.05) is 26.2 Å². The lowest BCUT2D eigenvalue weighted by atomic mass is 9.84. The lowest BCUT2D eigenvalue weighted by Crippen LogP contribution is -2.52. The van der Waals surface area contributed by atoms with Gasteiger partial charge in [0, 0.05) is 36.3 Å². The molecule has 1 amide bonds. The standard InChI is InChI=1S/C29H30Cl2FN3O3/c30-24-5-1-18(15-25(24)31)2-6-27(36)34-11-9-20(10-12-34)28(29(37)38)35-13-7-19(8-14-35)23-17-33-26-16-21(32)3-4-22(23)26/h1-6,15-17,19-20,28,33H,7-14H2,(H,37,38)/b6-2+. The van der Waals surface area contributed by atoms with E-state index < -0.39 is 12.0 Å². The summed E-state index contributed by atoms with van der Waals surface area (Å²) >= 11 is 12.0. The summed E-state index contributed by atoms with van der Waals surface area (Å²) in [5.41, 5.74) is 2.75. The normalized spacial score (nSPS) is 18.9. The van der Waals surface area contributed by atoms with Crippen LogP contribution in [0.15, 0.2) is 48.7 Å². The summed E-state index contributed by atoms with van der Waals surface area (Å²) in [6.07, 6.45) is 8.20. The number of H-pyrrole nitrogens is 1. The van der Waals surface area contributed by atoms with Crippen LogP contribution in [0.2, 0.25) is 10.0 Å². The van der Waals surface area contributed by atoms with Crippen LogP contribution in [0.1, 0.15) is 42.7 Å². The van der Waals surface area contributed by atoms with E-state index in [4.69, 9.17) is 23.2 Å². The summed E-state index contributed by atoms with van der Waals surface area (Å²) in [5, 5.41) is 12.1. The third kappa shape index (κ3) is 5.75. The van der Waals surface area contributed by atoms with Crippen molar-refractivity contribution in [2.45, 2.75) is 37.6 Å². The monoisotopic (exact) mass is 557 g/mol. The molecule has 2 aromatic carbocycles.